The molecule has 100 valence electrons. The van der Waals surface area contributed by atoms with Gasteiger partial charge in [-0.05, 0) is 48.5 Å². The van der Waals surface area contributed by atoms with Crippen LogP contribution in [-0.4, -0.2) is 11.9 Å². The Balaban J connectivity index is 2.00. The molecule has 19 heavy (non-hydrogen) atoms. The molecule has 0 fully saturated rings. The molecular formula is C15H16BrClN2. The molecule has 2 aromatic rings. The third-order valence-electron chi connectivity index (χ3n) is 2.80. The van der Waals surface area contributed by atoms with Crippen LogP contribution >= 0.6 is 27.5 Å². The zero-order chi connectivity index (χ0) is 13.8. The van der Waals surface area contributed by atoms with Gasteiger partial charge >= 0.3 is 0 Å². The second-order valence-electron chi connectivity index (χ2n) is 4.69. The molecule has 0 radical (unpaired) electrons. The van der Waals surface area contributed by atoms with Crippen LogP contribution in [0, 0.1) is 0 Å². The highest BCUT2D eigenvalue weighted by Crippen LogP contribution is 2.18. The predicted octanol–water partition coefficient (Wildman–Crippen LogP) is 4.32. The van der Waals surface area contributed by atoms with E-state index < -0.39 is 0 Å². The molecule has 2 nitrogen and oxygen atoms in total. The van der Waals surface area contributed by atoms with Crippen LogP contribution in [0.25, 0.3) is 0 Å². The van der Waals surface area contributed by atoms with Crippen LogP contribution in [0.3, 0.4) is 0 Å². The fourth-order valence-electron chi connectivity index (χ4n) is 2.04. The fourth-order valence-corrected chi connectivity index (χ4v) is 2.57. The van der Waals surface area contributed by atoms with Gasteiger partial charge in [0, 0.05) is 28.3 Å². The summed E-state index contributed by atoms with van der Waals surface area (Å²) >= 11 is 9.45. The van der Waals surface area contributed by atoms with Gasteiger partial charge in [0.1, 0.15) is 0 Å². The lowest BCUT2D eigenvalue weighted by atomic mass is 10.1. The van der Waals surface area contributed by atoms with Crippen LogP contribution < -0.4 is 5.73 Å². The van der Waals surface area contributed by atoms with Crippen LogP contribution in [0.15, 0.2) is 46.9 Å². The van der Waals surface area contributed by atoms with Gasteiger partial charge in [0.25, 0.3) is 0 Å². The molecule has 0 aromatic heterocycles. The summed E-state index contributed by atoms with van der Waals surface area (Å²) in [5.41, 5.74) is 8.91. The molecule has 4 heteroatoms. The number of anilines is 1. The molecule has 0 saturated carbocycles. The maximum Gasteiger partial charge on any atom is 0.0429 e. The Kier molecular flexibility index (Phi) is 4.86. The maximum atomic E-state index is 6.01. The Labute approximate surface area is 127 Å². The van der Waals surface area contributed by atoms with E-state index in [1.807, 2.05) is 12.1 Å². The largest absolute Gasteiger partial charge is 0.399 e. The van der Waals surface area contributed by atoms with Crippen LogP contribution in [0.2, 0.25) is 5.02 Å². The molecule has 2 aromatic carbocycles. The summed E-state index contributed by atoms with van der Waals surface area (Å²) < 4.78 is 1.10. The monoisotopic (exact) mass is 338 g/mol. The van der Waals surface area contributed by atoms with Crippen LogP contribution in [0.4, 0.5) is 5.69 Å². The molecule has 0 aliphatic rings. The quantitative estimate of drug-likeness (QED) is 0.841. The molecule has 2 rings (SSSR count). The highest BCUT2D eigenvalue weighted by atomic mass is 79.9. The minimum atomic E-state index is 0.687. The summed E-state index contributed by atoms with van der Waals surface area (Å²) in [5, 5.41) is 0.687. The molecule has 2 N–H and O–H groups in total. The standard InChI is InChI=1S/C15H16BrClN2/c1-19(9-11-2-4-13(16)5-3-11)10-12-6-14(17)8-15(18)7-12/h2-8H,9-10,18H2,1H3. The second kappa shape index (κ2) is 6.42. The minimum absolute atomic E-state index is 0.687. The van der Waals surface area contributed by atoms with E-state index in [-0.39, 0.29) is 0 Å². The van der Waals surface area contributed by atoms with E-state index in [1.165, 1.54) is 5.56 Å². The first kappa shape index (κ1) is 14.4. The van der Waals surface area contributed by atoms with E-state index in [2.05, 4.69) is 52.1 Å². The zero-order valence-electron chi connectivity index (χ0n) is 10.7. The Bertz CT molecular complexity index is 534. The lowest BCUT2D eigenvalue weighted by Crippen LogP contribution is -2.17. The second-order valence-corrected chi connectivity index (χ2v) is 6.04. The SMILES string of the molecule is CN(Cc1ccc(Br)cc1)Cc1cc(N)cc(Cl)c1. The van der Waals surface area contributed by atoms with Gasteiger partial charge in [0.15, 0.2) is 0 Å². The lowest BCUT2D eigenvalue weighted by Gasteiger charge is -2.17. The highest BCUT2D eigenvalue weighted by Gasteiger charge is 2.04. The maximum absolute atomic E-state index is 6.01. The zero-order valence-corrected chi connectivity index (χ0v) is 13.1. The van der Waals surface area contributed by atoms with Crippen LogP contribution in [0.1, 0.15) is 11.1 Å². The Morgan fingerprint density at radius 3 is 2.32 bits per heavy atom. The van der Waals surface area contributed by atoms with Gasteiger partial charge in [0.2, 0.25) is 0 Å². The van der Waals surface area contributed by atoms with Gasteiger partial charge in [0.05, 0.1) is 0 Å². The van der Waals surface area contributed by atoms with Gasteiger partial charge in [-0.1, -0.05) is 39.7 Å². The summed E-state index contributed by atoms with van der Waals surface area (Å²) in [6.07, 6.45) is 0. The Morgan fingerprint density at radius 1 is 1.05 bits per heavy atom. The van der Waals surface area contributed by atoms with Gasteiger partial charge in [-0.2, -0.15) is 0 Å². The molecule has 0 unspecified atom stereocenters. The van der Waals surface area contributed by atoms with Crippen molar-refractivity contribution >= 4 is 33.2 Å². The molecule has 0 bridgehead atoms. The Hall–Kier alpha value is -1.03. The van der Waals surface area contributed by atoms with Crippen molar-refractivity contribution in [2.24, 2.45) is 0 Å². The minimum Gasteiger partial charge on any atom is -0.399 e. The van der Waals surface area contributed by atoms with E-state index in [9.17, 15) is 0 Å². The van der Waals surface area contributed by atoms with Crippen molar-refractivity contribution in [2.75, 3.05) is 12.8 Å². The molecule has 0 aliphatic heterocycles. The van der Waals surface area contributed by atoms with Crippen molar-refractivity contribution in [1.29, 1.82) is 0 Å². The molecule has 0 saturated heterocycles. The van der Waals surface area contributed by atoms with Crippen molar-refractivity contribution in [1.82, 2.24) is 4.90 Å². The molecule has 0 atom stereocenters. The van der Waals surface area contributed by atoms with E-state index >= 15 is 0 Å². The molecular weight excluding hydrogens is 324 g/mol. The Morgan fingerprint density at radius 2 is 1.68 bits per heavy atom. The molecule has 0 spiro atoms. The average Bonchev–Trinajstić information content (AvgIpc) is 2.30. The third kappa shape index (κ3) is 4.53. The number of rotatable bonds is 4. The summed E-state index contributed by atoms with van der Waals surface area (Å²) in [4.78, 5) is 2.23. The van der Waals surface area contributed by atoms with Gasteiger partial charge in [-0.15, -0.1) is 0 Å². The summed E-state index contributed by atoms with van der Waals surface area (Å²) in [5.74, 6) is 0. The normalized spacial score (nSPS) is 10.9. The van der Waals surface area contributed by atoms with Gasteiger partial charge < -0.3 is 5.73 Å². The first-order valence-corrected chi connectivity index (χ1v) is 7.18. The molecule has 0 amide bonds. The fraction of sp³-hybridized carbons (Fsp3) is 0.200. The van der Waals surface area contributed by atoms with Crippen molar-refractivity contribution < 1.29 is 0 Å². The van der Waals surface area contributed by atoms with Crippen LogP contribution in [0.5, 0.6) is 0 Å². The number of benzene rings is 2. The van der Waals surface area contributed by atoms with Gasteiger partial charge in [-0.3, -0.25) is 4.90 Å². The van der Waals surface area contributed by atoms with E-state index in [0.29, 0.717) is 10.7 Å². The van der Waals surface area contributed by atoms with Crippen LogP contribution in [-0.2, 0) is 13.1 Å². The topological polar surface area (TPSA) is 29.3 Å². The van der Waals surface area contributed by atoms with E-state index in [0.717, 1.165) is 23.1 Å². The summed E-state index contributed by atoms with van der Waals surface area (Å²) in [6, 6.07) is 14.0. The number of nitrogens with zero attached hydrogens (tertiary/aromatic N) is 1. The van der Waals surface area contributed by atoms with E-state index in [1.54, 1.807) is 6.07 Å². The van der Waals surface area contributed by atoms with Crippen molar-refractivity contribution in [3.63, 3.8) is 0 Å². The number of halogens is 2. The lowest BCUT2D eigenvalue weighted by molar-refractivity contribution is 0.319. The number of hydrogen-bond acceptors (Lipinski definition) is 2. The summed E-state index contributed by atoms with van der Waals surface area (Å²) in [6.45, 7) is 1.71. The predicted molar refractivity (Wildman–Crippen MR) is 85.2 cm³/mol. The number of nitrogens with two attached hydrogens (primary N) is 1. The third-order valence-corrected chi connectivity index (χ3v) is 3.55. The van der Waals surface area contributed by atoms with Crippen molar-refractivity contribution in [3.05, 3.63) is 63.1 Å². The summed E-state index contributed by atoms with van der Waals surface area (Å²) in [7, 11) is 2.08. The molecule has 0 heterocycles. The first-order chi connectivity index (χ1) is 9.02. The smallest absolute Gasteiger partial charge is 0.0429 e. The van der Waals surface area contributed by atoms with Gasteiger partial charge in [-0.25, -0.2) is 0 Å². The first-order valence-electron chi connectivity index (χ1n) is 6.01. The molecule has 0 aliphatic carbocycles. The van der Waals surface area contributed by atoms with E-state index in [4.69, 9.17) is 17.3 Å². The number of hydrogen-bond donors (Lipinski definition) is 1. The average molecular weight is 340 g/mol. The number of nitrogen functional groups attached to an aromatic ring is 1. The van der Waals surface area contributed by atoms with Crippen molar-refractivity contribution in [3.8, 4) is 0 Å². The van der Waals surface area contributed by atoms with Crippen molar-refractivity contribution in [2.45, 2.75) is 13.1 Å². The highest BCUT2D eigenvalue weighted by molar-refractivity contribution is 9.10.